The zero-order chi connectivity index (χ0) is 22.4. The summed E-state index contributed by atoms with van der Waals surface area (Å²) in [6.07, 6.45) is 0. The number of halogens is 1. The largest absolute Gasteiger partial charge is 0.480 e. The molecule has 0 saturated heterocycles. The first-order valence-corrected chi connectivity index (χ1v) is 10.1. The van der Waals surface area contributed by atoms with Gasteiger partial charge in [-0.1, -0.05) is 31.5 Å². The third-order valence-corrected chi connectivity index (χ3v) is 5.69. The number of nitrogens with zero attached hydrogens (tertiary/aromatic N) is 3. The minimum absolute atomic E-state index is 0.127. The molecule has 1 heterocycles. The van der Waals surface area contributed by atoms with Crippen molar-refractivity contribution in [3.63, 3.8) is 0 Å². The molecule has 0 aliphatic heterocycles. The van der Waals surface area contributed by atoms with E-state index in [0.717, 1.165) is 12.1 Å². The van der Waals surface area contributed by atoms with E-state index in [4.69, 9.17) is 11.6 Å². The number of anilines is 1. The number of pyridine rings is 1. The summed E-state index contributed by atoms with van der Waals surface area (Å²) in [5, 5.41) is 11.1. The molecule has 0 aliphatic carbocycles. The number of carbonyl (C=O) groups is 1. The van der Waals surface area contributed by atoms with Crippen LogP contribution in [-0.2, 0) is 16.8 Å². The molecular formula is C23H28ClN3O3. The van der Waals surface area contributed by atoms with E-state index in [9.17, 15) is 14.7 Å². The van der Waals surface area contributed by atoms with Crippen LogP contribution in [0, 0.1) is 0 Å². The highest BCUT2D eigenvalue weighted by Gasteiger charge is 2.24. The number of likely N-dealkylation sites (N-methyl/N-ethyl adjacent to an activating group) is 1. The van der Waals surface area contributed by atoms with Crippen LogP contribution in [0.25, 0.3) is 21.8 Å². The van der Waals surface area contributed by atoms with Gasteiger partial charge in [0.25, 0.3) is 0 Å². The first-order valence-electron chi connectivity index (χ1n) is 9.77. The van der Waals surface area contributed by atoms with Gasteiger partial charge in [-0.15, -0.1) is 0 Å². The molecule has 6 nitrogen and oxygen atoms in total. The van der Waals surface area contributed by atoms with E-state index in [0.29, 0.717) is 32.5 Å². The molecule has 0 aliphatic rings. The Bertz CT molecular complexity index is 1200. The molecule has 0 unspecified atom stereocenters. The molecule has 0 bridgehead atoms. The summed E-state index contributed by atoms with van der Waals surface area (Å²) < 4.78 is 1.70. The predicted molar refractivity (Wildman–Crippen MR) is 124 cm³/mol. The number of rotatable bonds is 6. The van der Waals surface area contributed by atoms with Gasteiger partial charge in [-0.2, -0.15) is 0 Å². The lowest BCUT2D eigenvalue weighted by atomic mass is 9.83. The van der Waals surface area contributed by atoms with Crippen molar-refractivity contribution in [2.45, 2.75) is 25.8 Å². The van der Waals surface area contributed by atoms with Gasteiger partial charge in [-0.3, -0.25) is 9.59 Å². The summed E-state index contributed by atoms with van der Waals surface area (Å²) in [4.78, 5) is 29.0. The van der Waals surface area contributed by atoms with Crippen LogP contribution in [0.3, 0.4) is 0 Å². The van der Waals surface area contributed by atoms with Crippen LogP contribution < -0.4 is 10.3 Å². The Balaban J connectivity index is 2.50. The number of aromatic nitrogens is 1. The second-order valence-electron chi connectivity index (χ2n) is 8.85. The van der Waals surface area contributed by atoms with Crippen molar-refractivity contribution in [3.8, 4) is 0 Å². The molecular weight excluding hydrogens is 402 g/mol. The van der Waals surface area contributed by atoms with Gasteiger partial charge in [0.2, 0.25) is 0 Å². The van der Waals surface area contributed by atoms with E-state index in [1.54, 1.807) is 16.7 Å². The number of benzene rings is 2. The molecule has 0 spiro atoms. The molecule has 0 amide bonds. The van der Waals surface area contributed by atoms with Crippen LogP contribution in [0.5, 0.6) is 0 Å². The fourth-order valence-corrected chi connectivity index (χ4v) is 4.57. The van der Waals surface area contributed by atoms with Gasteiger partial charge in [-0.05, 0) is 43.9 Å². The van der Waals surface area contributed by atoms with E-state index in [1.165, 1.54) is 0 Å². The minimum Gasteiger partial charge on any atom is -0.480 e. The zero-order valence-corrected chi connectivity index (χ0v) is 19.0. The van der Waals surface area contributed by atoms with Crippen molar-refractivity contribution in [2.75, 3.05) is 39.6 Å². The molecule has 2 aromatic carbocycles. The topological polar surface area (TPSA) is 65.8 Å². The molecule has 0 radical (unpaired) electrons. The molecule has 0 saturated carbocycles. The lowest BCUT2D eigenvalue weighted by molar-refractivity contribution is -0.137. The van der Waals surface area contributed by atoms with Crippen molar-refractivity contribution < 1.29 is 9.90 Å². The highest BCUT2D eigenvalue weighted by Crippen LogP contribution is 2.35. The molecule has 0 fully saturated rings. The second-order valence-corrected chi connectivity index (χ2v) is 9.26. The van der Waals surface area contributed by atoms with Gasteiger partial charge in [0, 0.05) is 36.8 Å². The van der Waals surface area contributed by atoms with Crippen LogP contribution >= 0.6 is 11.6 Å². The molecule has 30 heavy (non-hydrogen) atoms. The lowest BCUT2D eigenvalue weighted by Gasteiger charge is -2.29. The third-order valence-electron chi connectivity index (χ3n) is 5.38. The fraction of sp³-hybridized carbons (Fsp3) is 0.391. The average Bonchev–Trinajstić information content (AvgIpc) is 2.62. The Morgan fingerprint density at radius 2 is 1.73 bits per heavy atom. The minimum atomic E-state index is -0.983. The summed E-state index contributed by atoms with van der Waals surface area (Å²) >= 11 is 6.46. The van der Waals surface area contributed by atoms with E-state index >= 15 is 0 Å². The van der Waals surface area contributed by atoms with Gasteiger partial charge in [0.05, 0.1) is 21.7 Å². The fourth-order valence-electron chi connectivity index (χ4n) is 4.25. The average molecular weight is 430 g/mol. The van der Waals surface area contributed by atoms with Crippen LogP contribution in [0.15, 0.2) is 35.1 Å². The maximum Gasteiger partial charge on any atom is 0.323 e. The maximum absolute atomic E-state index is 13.3. The highest BCUT2D eigenvalue weighted by atomic mass is 35.5. The lowest BCUT2D eigenvalue weighted by Crippen LogP contribution is -2.32. The van der Waals surface area contributed by atoms with Crippen molar-refractivity contribution >= 4 is 45.1 Å². The monoisotopic (exact) mass is 429 g/mol. The maximum atomic E-state index is 13.3. The smallest absolute Gasteiger partial charge is 0.323 e. The summed E-state index contributed by atoms with van der Waals surface area (Å²) in [6, 6.07) is 9.09. The second kappa shape index (κ2) is 7.93. The highest BCUT2D eigenvalue weighted by molar-refractivity contribution is 6.35. The molecule has 7 heteroatoms. The molecule has 160 valence electrons. The standard InChI is InChI=1S/C23H28ClN3O3/c1-23(2,13-25(3)4)14-7-8-15-18(11-14)27(12-19(28)29)20-16(22(15)30)9-10-17(24)21(20)26(5)6/h7-11H,12-13H2,1-6H3,(H,28,29). The Morgan fingerprint density at radius 1 is 1.10 bits per heavy atom. The van der Waals surface area contributed by atoms with E-state index < -0.39 is 5.97 Å². The Hall–Kier alpha value is -2.57. The zero-order valence-electron chi connectivity index (χ0n) is 18.3. The Kier molecular flexibility index (Phi) is 5.85. The van der Waals surface area contributed by atoms with Crippen molar-refractivity contribution in [1.29, 1.82) is 0 Å². The van der Waals surface area contributed by atoms with Gasteiger partial charge < -0.3 is 19.5 Å². The van der Waals surface area contributed by atoms with Crippen molar-refractivity contribution in [2.24, 2.45) is 0 Å². The van der Waals surface area contributed by atoms with Crippen molar-refractivity contribution in [1.82, 2.24) is 9.47 Å². The summed E-state index contributed by atoms with van der Waals surface area (Å²) in [7, 11) is 7.69. The van der Waals surface area contributed by atoms with E-state index in [-0.39, 0.29) is 17.4 Å². The summed E-state index contributed by atoms with van der Waals surface area (Å²) in [6.45, 7) is 4.81. The third kappa shape index (κ3) is 3.89. The number of hydrogen-bond donors (Lipinski definition) is 1. The number of carboxylic acid groups (broad SMARTS) is 1. The SMILES string of the molecule is CN(C)CC(C)(C)c1ccc2c(=O)c3ccc(Cl)c(N(C)C)c3n(CC(=O)O)c2c1. The quantitative estimate of drug-likeness (QED) is 0.604. The molecule has 1 aromatic heterocycles. The molecule has 3 rings (SSSR count). The van der Waals surface area contributed by atoms with Gasteiger partial charge >= 0.3 is 5.97 Å². The van der Waals surface area contributed by atoms with Crippen LogP contribution in [-0.4, -0.2) is 55.3 Å². The van der Waals surface area contributed by atoms with Gasteiger partial charge in [-0.25, -0.2) is 0 Å². The van der Waals surface area contributed by atoms with E-state index in [2.05, 4.69) is 18.7 Å². The van der Waals surface area contributed by atoms with Gasteiger partial charge in [0.15, 0.2) is 5.43 Å². The first-order chi connectivity index (χ1) is 13.9. The molecule has 1 N–H and O–H groups in total. The normalized spacial score (nSPS) is 12.1. The number of fused-ring (bicyclic) bond motifs is 2. The van der Waals surface area contributed by atoms with Crippen LogP contribution in [0.4, 0.5) is 5.69 Å². The first kappa shape index (κ1) is 22.1. The number of hydrogen-bond acceptors (Lipinski definition) is 4. The number of aliphatic carboxylic acids is 1. The van der Waals surface area contributed by atoms with Gasteiger partial charge in [0.1, 0.15) is 6.54 Å². The summed E-state index contributed by atoms with van der Waals surface area (Å²) in [5.41, 5.74) is 2.50. The predicted octanol–water partition coefficient (Wildman–Crippen LogP) is 3.80. The van der Waals surface area contributed by atoms with E-state index in [1.807, 2.05) is 51.3 Å². The molecule has 3 aromatic rings. The summed E-state index contributed by atoms with van der Waals surface area (Å²) in [5.74, 6) is -0.983. The molecule has 0 atom stereocenters. The Labute approximate surface area is 181 Å². The van der Waals surface area contributed by atoms with Crippen LogP contribution in [0.2, 0.25) is 5.02 Å². The Morgan fingerprint density at radius 3 is 2.30 bits per heavy atom. The number of carboxylic acids is 1. The van der Waals surface area contributed by atoms with Crippen LogP contribution in [0.1, 0.15) is 19.4 Å². The van der Waals surface area contributed by atoms with Crippen molar-refractivity contribution in [3.05, 3.63) is 51.1 Å².